The van der Waals surface area contributed by atoms with Crippen LogP contribution >= 0.6 is 12.0 Å². The number of anilines is 1. The van der Waals surface area contributed by atoms with E-state index in [2.05, 4.69) is 9.37 Å². The minimum absolute atomic E-state index is 0. The summed E-state index contributed by atoms with van der Waals surface area (Å²) in [6, 6.07) is 9.79. The summed E-state index contributed by atoms with van der Waals surface area (Å²) in [6.45, 7) is 9.71. The summed E-state index contributed by atoms with van der Waals surface area (Å²) in [5.41, 5.74) is 2.44. The summed E-state index contributed by atoms with van der Waals surface area (Å²) in [4.78, 5) is 1.88. The molecule has 73 heavy (non-hydrogen) atoms. The van der Waals surface area contributed by atoms with Gasteiger partial charge < -0.3 is 28.6 Å². The number of nitrogens with zero attached hydrogens (tertiary/aromatic N) is 2. The number of hydrogen-bond donors (Lipinski definition) is 0. The Hall–Kier alpha value is -1.36. The van der Waals surface area contributed by atoms with Crippen LogP contribution < -0.4 is 104 Å². The Bertz CT molecular complexity index is 3020. The van der Waals surface area contributed by atoms with E-state index in [1.807, 2.05) is 30.2 Å². The van der Waals surface area contributed by atoms with Crippen LogP contribution in [0, 0.1) is 17.5 Å². The SMILES string of the molecule is CCCCOc1c(F)cc(F)c(C2=C(/C=C/C3=[N+](CCCCS(=O)(=O)[O-])c4ccc(SOO[O-])cc4C3(C)C)CCC/C2=C\C=C2\N(CCCCS(=O)(=O)[O-])c3ccc(S(=O)(=O)[O-])cc3C2(C)C)c1F.[Na+].[Na+].[Na+]. The fraction of sp³-hybridized carbons (Fsp3) is 0.438. The molecule has 0 N–H and O–H groups in total. The monoisotopic (exact) mass is 1120 g/mol. The van der Waals surface area contributed by atoms with Gasteiger partial charge in [-0.3, -0.25) is 5.04 Å². The number of rotatable bonds is 22. The van der Waals surface area contributed by atoms with Gasteiger partial charge in [0.15, 0.2) is 23.1 Å². The molecular weight excluding hydrogens is 1070 g/mol. The molecule has 1 aliphatic carbocycles. The first kappa shape index (κ1) is 65.9. The van der Waals surface area contributed by atoms with Crippen LogP contribution in [0.1, 0.15) is 109 Å². The molecule has 0 unspecified atom stereocenters. The summed E-state index contributed by atoms with van der Waals surface area (Å²) in [7, 11) is -13.9. The Labute approximate surface area is 497 Å². The normalized spacial score (nSPS) is 17.5. The topological polar surface area (TPSA) is 229 Å². The largest absolute Gasteiger partial charge is 1.00 e. The van der Waals surface area contributed by atoms with Crippen molar-refractivity contribution in [2.75, 3.05) is 36.1 Å². The van der Waals surface area contributed by atoms with Gasteiger partial charge in [-0.15, -0.1) is 0 Å². The van der Waals surface area contributed by atoms with E-state index in [1.165, 1.54) is 18.2 Å². The first-order valence-corrected chi connectivity index (χ1v) is 27.9. The summed E-state index contributed by atoms with van der Waals surface area (Å²) >= 11 is 0.695. The van der Waals surface area contributed by atoms with Gasteiger partial charge in [-0.1, -0.05) is 39.3 Å². The van der Waals surface area contributed by atoms with Gasteiger partial charge >= 0.3 is 88.7 Å². The van der Waals surface area contributed by atoms with Crippen molar-refractivity contribution in [3.05, 3.63) is 118 Å². The molecule has 0 spiro atoms. The Morgan fingerprint density at radius 2 is 1.45 bits per heavy atom. The molecule has 0 radical (unpaired) electrons. The second kappa shape index (κ2) is 27.5. The van der Waals surface area contributed by atoms with Gasteiger partial charge in [0.2, 0.25) is 5.69 Å². The van der Waals surface area contributed by atoms with Gasteiger partial charge in [-0.05, 0) is 117 Å². The molecular formula is C48H54F3N2Na3O13S4. The molecule has 3 aromatic rings. The van der Waals surface area contributed by atoms with E-state index >= 15 is 13.2 Å². The molecule has 25 heteroatoms. The van der Waals surface area contributed by atoms with Gasteiger partial charge in [-0.2, -0.15) is 8.91 Å². The smallest absolute Gasteiger partial charge is 0.748 e. The van der Waals surface area contributed by atoms with Crippen molar-refractivity contribution < 1.29 is 165 Å². The van der Waals surface area contributed by atoms with E-state index < -0.39 is 86.4 Å². The van der Waals surface area contributed by atoms with Crippen LogP contribution in [0.15, 0.2) is 93.4 Å². The van der Waals surface area contributed by atoms with E-state index in [-0.39, 0.29) is 140 Å². The van der Waals surface area contributed by atoms with Gasteiger partial charge in [-0.25, -0.2) is 38.4 Å². The molecule has 2 aliphatic heterocycles. The summed E-state index contributed by atoms with van der Waals surface area (Å²) in [5.74, 6) is -5.61. The number of unbranched alkanes of at least 4 members (excludes halogenated alkanes) is 3. The predicted molar refractivity (Wildman–Crippen MR) is 252 cm³/mol. The maximum absolute atomic E-state index is 17.0. The van der Waals surface area contributed by atoms with Crippen LogP contribution in [-0.2, 0) is 50.6 Å². The van der Waals surface area contributed by atoms with E-state index in [4.69, 9.17) is 4.74 Å². The standard InChI is InChI=1S/C48H57F3N2O13S4.3Na/c1-6-7-25-64-46-38(50)30-37(49)44(45(46)51)43-31(15-21-41-47(2,3)35-28-33(67-66-65-54)17-19-39(35)52(41)23-8-10-26-68(55,56)57)13-12-14-32(43)16-22-42-48(4,5)36-29-34(70(61,62)63)18-20-40(36)53(42)24-9-11-27-69(58,59)60;;;/h15-22,28-30H,6-14,23-27H2,1-5H3,(H3-,54,55,56,57,58,59,60,61,62,63);;;/q;3*+1/p-3. The van der Waals surface area contributed by atoms with Crippen molar-refractivity contribution in [3.8, 4) is 5.75 Å². The van der Waals surface area contributed by atoms with Crippen molar-refractivity contribution in [3.63, 3.8) is 0 Å². The minimum Gasteiger partial charge on any atom is -0.748 e. The van der Waals surface area contributed by atoms with Crippen molar-refractivity contribution in [2.45, 2.75) is 113 Å². The van der Waals surface area contributed by atoms with Gasteiger partial charge in [0.05, 0.1) is 54.8 Å². The Kier molecular flexibility index (Phi) is 24.8. The molecule has 0 amide bonds. The summed E-state index contributed by atoms with van der Waals surface area (Å²) in [6.07, 6.45) is 9.69. The Morgan fingerprint density at radius 3 is 2.08 bits per heavy atom. The molecule has 0 aromatic heterocycles. The Balaban J connectivity index is 0.00000469. The molecule has 15 nitrogen and oxygen atoms in total. The van der Waals surface area contributed by atoms with Gasteiger partial charge in [0.25, 0.3) is 0 Å². The fourth-order valence-electron chi connectivity index (χ4n) is 9.34. The average molecular weight is 1120 g/mol. The zero-order valence-electron chi connectivity index (χ0n) is 42.2. The van der Waals surface area contributed by atoms with E-state index in [9.17, 15) is 44.2 Å². The molecule has 0 saturated heterocycles. The third kappa shape index (κ3) is 16.1. The van der Waals surface area contributed by atoms with Crippen LogP contribution in [0.4, 0.5) is 24.5 Å². The van der Waals surface area contributed by atoms with Crippen LogP contribution in [0.2, 0.25) is 0 Å². The molecule has 6 rings (SSSR count). The number of ether oxygens (including phenoxy) is 1. The molecule has 0 atom stereocenters. The molecule has 0 bridgehead atoms. The van der Waals surface area contributed by atoms with Gasteiger partial charge in [0.1, 0.15) is 22.5 Å². The second-order valence-corrected chi connectivity index (χ2v) is 23.5. The average Bonchev–Trinajstić information content (AvgIpc) is 3.61. The van der Waals surface area contributed by atoms with Crippen molar-refractivity contribution in [2.24, 2.45) is 0 Å². The molecule has 0 fully saturated rings. The number of allylic oxidation sites excluding steroid dienone is 8. The zero-order chi connectivity index (χ0) is 51.4. The maximum Gasteiger partial charge on any atom is 1.00 e. The van der Waals surface area contributed by atoms with E-state index in [1.54, 1.807) is 56.4 Å². The maximum atomic E-state index is 17.0. The number of fused-ring (bicyclic) bond motifs is 2. The van der Waals surface area contributed by atoms with Gasteiger partial charge in [0, 0.05) is 69.9 Å². The first-order chi connectivity index (χ1) is 32.8. The second-order valence-electron chi connectivity index (χ2n) is 18.3. The third-order valence-corrected chi connectivity index (χ3v) is 15.7. The zero-order valence-corrected chi connectivity index (χ0v) is 51.5. The number of benzene rings is 3. The summed E-state index contributed by atoms with van der Waals surface area (Å²) < 4.78 is 166. The molecule has 382 valence electrons. The van der Waals surface area contributed by atoms with Crippen LogP contribution in [0.3, 0.4) is 0 Å². The number of halogens is 3. The number of hydrogen-bond acceptors (Lipinski definition) is 15. The fourth-order valence-corrected chi connectivity index (χ4v) is 11.3. The van der Waals surface area contributed by atoms with E-state index in [0.717, 1.165) is 11.3 Å². The Morgan fingerprint density at radius 1 is 0.781 bits per heavy atom. The molecule has 3 aliphatic rings. The van der Waals surface area contributed by atoms with Crippen LogP contribution in [0.25, 0.3) is 5.57 Å². The molecule has 2 heterocycles. The minimum atomic E-state index is -4.88. The van der Waals surface area contributed by atoms with Crippen LogP contribution in [-0.4, -0.2) is 80.4 Å². The molecule has 3 aromatic carbocycles. The summed E-state index contributed by atoms with van der Waals surface area (Å²) in [5, 5.41) is 14.2. The first-order valence-electron chi connectivity index (χ1n) is 22.6. The third-order valence-electron chi connectivity index (χ3n) is 12.8. The van der Waals surface area contributed by atoms with E-state index in [0.29, 0.717) is 88.9 Å². The molecule has 0 saturated carbocycles. The predicted octanol–water partition coefficient (Wildman–Crippen LogP) is -0.741. The van der Waals surface area contributed by atoms with Crippen LogP contribution in [0.5, 0.6) is 5.75 Å². The van der Waals surface area contributed by atoms with Crippen molar-refractivity contribution >= 4 is 65.1 Å². The van der Waals surface area contributed by atoms with Crippen molar-refractivity contribution in [1.29, 1.82) is 0 Å². The van der Waals surface area contributed by atoms with Crippen molar-refractivity contribution in [1.82, 2.24) is 0 Å². The quantitative estimate of drug-likeness (QED) is 0.0230.